The minimum atomic E-state index is -0.890. The summed E-state index contributed by atoms with van der Waals surface area (Å²) in [4.78, 5) is 0. The van der Waals surface area contributed by atoms with Crippen LogP contribution in [0, 0.1) is 0 Å². The molecule has 3 unspecified atom stereocenters. The second-order valence-corrected chi connectivity index (χ2v) is 6.57. The summed E-state index contributed by atoms with van der Waals surface area (Å²) in [6.45, 7) is 0. The molecular formula is C6H8BO3P3. The second-order valence-electron chi connectivity index (χ2n) is 2.38. The maximum absolute atomic E-state index is 5.56. The van der Waals surface area contributed by atoms with Crippen LogP contribution in [0.25, 0.3) is 0 Å². The maximum atomic E-state index is 5.56. The highest BCUT2D eigenvalue weighted by molar-refractivity contribution is 7.84. The van der Waals surface area contributed by atoms with E-state index in [-0.39, 0.29) is 9.03 Å². The third-order valence-electron chi connectivity index (χ3n) is 1.44. The van der Waals surface area contributed by atoms with Gasteiger partial charge in [0.2, 0.25) is 15.9 Å². The van der Waals surface area contributed by atoms with Crippen LogP contribution in [0.3, 0.4) is 0 Å². The SMILES string of the molecule is BP1OPOP(c2ccccc2)O1. The topological polar surface area (TPSA) is 27.7 Å². The summed E-state index contributed by atoms with van der Waals surface area (Å²) >= 11 is 0. The summed E-state index contributed by atoms with van der Waals surface area (Å²) in [5, 5.41) is 1.11. The van der Waals surface area contributed by atoms with Crippen molar-refractivity contribution in [3.8, 4) is 0 Å². The Kier molecular flexibility index (Phi) is 3.69. The summed E-state index contributed by atoms with van der Waals surface area (Å²) in [6, 6.07) is 9.99. The molecule has 13 heavy (non-hydrogen) atoms. The van der Waals surface area contributed by atoms with Crippen LogP contribution in [0.4, 0.5) is 0 Å². The van der Waals surface area contributed by atoms with Crippen molar-refractivity contribution in [2.75, 3.05) is 0 Å². The molecule has 0 saturated carbocycles. The number of hydrogen-bond donors (Lipinski definition) is 0. The summed E-state index contributed by atoms with van der Waals surface area (Å²) in [5.41, 5.74) is 0. The lowest BCUT2D eigenvalue weighted by Crippen LogP contribution is -2.03. The standard InChI is InChI=1S/C6H8BO3P3/c7-13-9-11-8-12(10-13)6-4-2-1-3-5-6/h1-5,11H,7H2. The van der Waals surface area contributed by atoms with Gasteiger partial charge >= 0.3 is 0 Å². The summed E-state index contributed by atoms with van der Waals surface area (Å²) in [6.07, 6.45) is 0. The molecule has 1 fully saturated rings. The van der Waals surface area contributed by atoms with E-state index in [2.05, 4.69) is 0 Å². The minimum Gasteiger partial charge on any atom is -0.295 e. The van der Waals surface area contributed by atoms with Crippen LogP contribution in [0.5, 0.6) is 0 Å². The van der Waals surface area contributed by atoms with Gasteiger partial charge in [0.15, 0.2) is 9.03 Å². The molecule has 0 bridgehead atoms. The largest absolute Gasteiger partial charge is 0.295 e. The van der Waals surface area contributed by atoms with E-state index in [1.54, 1.807) is 0 Å². The van der Waals surface area contributed by atoms with Gasteiger partial charge in [0.1, 0.15) is 8.25 Å². The Hall–Kier alpha value is 0.455. The van der Waals surface area contributed by atoms with Crippen molar-refractivity contribution in [1.82, 2.24) is 0 Å². The van der Waals surface area contributed by atoms with Gasteiger partial charge in [-0.15, -0.1) is 0 Å². The summed E-state index contributed by atoms with van der Waals surface area (Å²) in [5.74, 6) is 0. The Bertz CT molecular complexity index is 273. The van der Waals surface area contributed by atoms with Crippen molar-refractivity contribution in [3.05, 3.63) is 30.3 Å². The van der Waals surface area contributed by atoms with Gasteiger partial charge in [-0.25, -0.2) is 0 Å². The van der Waals surface area contributed by atoms with Gasteiger partial charge in [-0.05, 0) is 12.1 Å². The van der Waals surface area contributed by atoms with Crippen LogP contribution in [-0.4, -0.2) is 7.57 Å². The van der Waals surface area contributed by atoms with E-state index >= 15 is 0 Å². The predicted octanol–water partition coefficient (Wildman–Crippen LogP) is 2.06. The third kappa shape index (κ3) is 2.70. The molecule has 7 heteroatoms. The van der Waals surface area contributed by atoms with E-state index in [9.17, 15) is 0 Å². The lowest BCUT2D eigenvalue weighted by molar-refractivity contribution is 0.451. The Morgan fingerprint density at radius 1 is 1.15 bits per heavy atom. The molecule has 1 aromatic carbocycles. The molecule has 3 atom stereocenters. The maximum Gasteiger partial charge on any atom is 0.215 e. The first kappa shape index (κ1) is 9.99. The van der Waals surface area contributed by atoms with Crippen LogP contribution in [0.15, 0.2) is 30.3 Å². The van der Waals surface area contributed by atoms with Gasteiger partial charge in [-0.2, -0.15) is 0 Å². The van der Waals surface area contributed by atoms with Gasteiger partial charge in [-0.1, -0.05) is 18.2 Å². The monoisotopic (exact) mass is 232 g/mol. The molecule has 0 aliphatic carbocycles. The first-order chi connectivity index (χ1) is 6.36. The highest BCUT2D eigenvalue weighted by atomic mass is 31.3. The van der Waals surface area contributed by atoms with Crippen LogP contribution in [0.2, 0.25) is 0 Å². The van der Waals surface area contributed by atoms with E-state index in [4.69, 9.17) is 12.9 Å². The predicted molar refractivity (Wildman–Crippen MR) is 60.0 cm³/mol. The highest BCUT2D eigenvalue weighted by Gasteiger charge is 2.23. The van der Waals surface area contributed by atoms with Crippen molar-refractivity contribution in [1.29, 1.82) is 0 Å². The molecule has 0 amide bonds. The van der Waals surface area contributed by atoms with Crippen molar-refractivity contribution in [2.45, 2.75) is 0 Å². The molecule has 1 aliphatic heterocycles. The fraction of sp³-hybridized carbons (Fsp3) is 0. The lowest BCUT2D eigenvalue weighted by Gasteiger charge is -2.25. The second kappa shape index (κ2) is 4.80. The van der Waals surface area contributed by atoms with Gasteiger partial charge in [0.25, 0.3) is 0 Å². The molecule has 0 N–H and O–H groups in total. The highest BCUT2D eigenvalue weighted by Crippen LogP contribution is 2.62. The molecule has 1 saturated heterocycles. The van der Waals surface area contributed by atoms with E-state index in [1.165, 1.54) is 0 Å². The third-order valence-corrected chi connectivity index (χ3v) is 5.96. The minimum absolute atomic E-state index is 0.120. The fourth-order valence-electron chi connectivity index (χ4n) is 0.890. The van der Waals surface area contributed by atoms with Gasteiger partial charge in [-0.3, -0.25) is 12.9 Å². The van der Waals surface area contributed by atoms with Crippen molar-refractivity contribution >= 4 is 38.5 Å². The summed E-state index contributed by atoms with van der Waals surface area (Å²) < 4.78 is 16.2. The first-order valence-corrected chi connectivity index (χ1v) is 7.34. The molecule has 1 heterocycles. The molecule has 68 valence electrons. The first-order valence-electron chi connectivity index (χ1n) is 3.72. The van der Waals surface area contributed by atoms with Gasteiger partial charge < -0.3 is 0 Å². The van der Waals surface area contributed by atoms with E-state index in [1.807, 2.05) is 37.9 Å². The van der Waals surface area contributed by atoms with Gasteiger partial charge in [0, 0.05) is 5.30 Å². The Morgan fingerprint density at radius 3 is 2.62 bits per heavy atom. The van der Waals surface area contributed by atoms with Crippen molar-refractivity contribution in [3.63, 3.8) is 0 Å². The molecular weight excluding hydrogens is 224 g/mol. The van der Waals surface area contributed by atoms with Crippen LogP contribution >= 0.6 is 25.7 Å². The Morgan fingerprint density at radius 2 is 1.92 bits per heavy atom. The smallest absolute Gasteiger partial charge is 0.215 e. The molecule has 1 aliphatic rings. The Balaban J connectivity index is 2.08. The van der Waals surface area contributed by atoms with Gasteiger partial charge in [0.05, 0.1) is 0 Å². The number of benzene rings is 1. The molecule has 0 spiro atoms. The quantitative estimate of drug-likeness (QED) is 0.547. The average molecular weight is 232 g/mol. The zero-order valence-corrected chi connectivity index (χ0v) is 9.79. The molecule has 1 aromatic rings. The molecule has 0 radical (unpaired) electrons. The van der Waals surface area contributed by atoms with Crippen molar-refractivity contribution < 1.29 is 12.9 Å². The zero-order chi connectivity index (χ0) is 9.10. The lowest BCUT2D eigenvalue weighted by atomic mass is 10.4. The normalized spacial score (nSPS) is 30.5. The van der Waals surface area contributed by atoms with Crippen molar-refractivity contribution in [2.24, 2.45) is 0 Å². The average Bonchev–Trinajstić information content (AvgIpc) is 2.19. The Labute approximate surface area is 82.3 Å². The van der Waals surface area contributed by atoms with E-state index < -0.39 is 16.6 Å². The summed E-state index contributed by atoms with van der Waals surface area (Å²) in [7, 11) is 0.440. The fourth-order valence-corrected chi connectivity index (χ4v) is 4.93. The number of rotatable bonds is 1. The van der Waals surface area contributed by atoms with E-state index in [0.717, 1.165) is 5.30 Å². The molecule has 3 nitrogen and oxygen atoms in total. The van der Waals surface area contributed by atoms with E-state index in [0.29, 0.717) is 0 Å². The van der Waals surface area contributed by atoms with Crippen LogP contribution in [-0.2, 0) is 12.9 Å². The zero-order valence-electron chi connectivity index (χ0n) is 7.01. The molecule has 2 rings (SSSR count). The number of hydrogen-bond acceptors (Lipinski definition) is 3. The van der Waals surface area contributed by atoms with Crippen LogP contribution < -0.4 is 5.30 Å². The van der Waals surface area contributed by atoms with Crippen LogP contribution in [0.1, 0.15) is 0 Å². The molecule has 0 aromatic heterocycles.